The Morgan fingerprint density at radius 3 is 2.51 bits per heavy atom. The normalized spacial score (nSPS) is 12.3. The summed E-state index contributed by atoms with van der Waals surface area (Å²) < 4.78 is 20.4. The third-order valence-corrected chi connectivity index (χ3v) is 7.40. The van der Waals surface area contributed by atoms with Crippen LogP contribution >= 0.6 is 0 Å². The van der Waals surface area contributed by atoms with Crippen molar-refractivity contribution in [2.24, 2.45) is 0 Å². The van der Waals surface area contributed by atoms with E-state index in [2.05, 4.69) is 35.4 Å². The van der Waals surface area contributed by atoms with Crippen molar-refractivity contribution in [3.63, 3.8) is 0 Å². The van der Waals surface area contributed by atoms with E-state index in [9.17, 15) is 9.35 Å². The van der Waals surface area contributed by atoms with Crippen LogP contribution in [0.2, 0.25) is 0 Å². The van der Waals surface area contributed by atoms with Crippen LogP contribution in [0, 0.1) is 0 Å². The van der Waals surface area contributed by atoms with E-state index in [1.165, 1.54) is 0 Å². The second-order valence-corrected chi connectivity index (χ2v) is 10.7. The molecule has 0 aliphatic heterocycles. The summed E-state index contributed by atoms with van der Waals surface area (Å²) in [5.74, 6) is 1.67. The maximum absolute atomic E-state index is 12.9. The van der Waals surface area contributed by atoms with Crippen LogP contribution in [-0.2, 0) is 28.3 Å². The number of rotatable bonds is 12. The number of anilines is 1. The van der Waals surface area contributed by atoms with E-state index in [1.807, 2.05) is 53.1 Å². The van der Waals surface area contributed by atoms with E-state index in [0.717, 1.165) is 41.8 Å². The summed E-state index contributed by atoms with van der Waals surface area (Å²) in [6, 6.07) is 23.2. The zero-order valence-corrected chi connectivity index (χ0v) is 23.4. The maximum Gasteiger partial charge on any atom is 0.251 e. The highest BCUT2D eigenvalue weighted by molar-refractivity contribution is 7.90. The first-order valence-corrected chi connectivity index (χ1v) is 14.5. The first kappa shape index (κ1) is 28.1. The van der Waals surface area contributed by atoms with Gasteiger partial charge in [-0.3, -0.25) is 4.79 Å². The molecule has 1 atom stereocenters. The number of aromatic nitrogens is 3. The van der Waals surface area contributed by atoms with Crippen LogP contribution in [0.25, 0.3) is 17.2 Å². The number of carbonyl (C=O) groups is 1. The molecule has 0 aliphatic rings. The summed E-state index contributed by atoms with van der Waals surface area (Å²) in [6.07, 6.45) is 5.46. The number of carbonyl (C=O) groups excluding carboxylic acids is 1. The molecule has 0 fully saturated rings. The molecule has 0 bridgehead atoms. The number of benzene rings is 3. The highest BCUT2D eigenvalue weighted by atomic mass is 32.2. The topological polar surface area (TPSA) is 92.1 Å². The Kier molecular flexibility index (Phi) is 9.94. The van der Waals surface area contributed by atoms with Crippen LogP contribution in [0.1, 0.15) is 45.0 Å². The van der Waals surface area contributed by atoms with Crippen molar-refractivity contribution in [2.75, 3.05) is 11.9 Å². The Labute approximate surface area is 233 Å². The lowest BCUT2D eigenvalue weighted by Gasteiger charge is -2.12. The van der Waals surface area contributed by atoms with Crippen molar-refractivity contribution in [1.29, 1.82) is 0 Å². The minimum atomic E-state index is -1.26. The van der Waals surface area contributed by atoms with Gasteiger partial charge >= 0.3 is 0 Å². The Morgan fingerprint density at radius 1 is 1.03 bits per heavy atom. The molecule has 39 heavy (non-hydrogen) atoms. The number of hydrogen-bond acceptors (Lipinski definition) is 5. The number of ether oxygens (including phenoxy) is 1. The predicted molar refractivity (Wildman–Crippen MR) is 157 cm³/mol. The van der Waals surface area contributed by atoms with Gasteiger partial charge in [0.25, 0.3) is 5.91 Å². The van der Waals surface area contributed by atoms with Crippen LogP contribution in [-0.4, -0.2) is 31.8 Å². The summed E-state index contributed by atoms with van der Waals surface area (Å²) >= 11 is -1.26. The van der Waals surface area contributed by atoms with E-state index in [1.54, 1.807) is 37.5 Å². The molecule has 4 aromatic rings. The Bertz CT molecular complexity index is 1400. The molecular weight excluding hydrogens is 508 g/mol. The first-order valence-electron chi connectivity index (χ1n) is 13.1. The third-order valence-electron chi connectivity index (χ3n) is 6.08. The molecule has 0 aliphatic carbocycles. The van der Waals surface area contributed by atoms with Gasteiger partial charge in [-0.1, -0.05) is 44.2 Å². The fourth-order valence-electron chi connectivity index (χ4n) is 4.03. The van der Waals surface area contributed by atoms with Crippen LogP contribution in [0.3, 0.4) is 0 Å². The van der Waals surface area contributed by atoms with Gasteiger partial charge in [0.2, 0.25) is 0 Å². The van der Waals surface area contributed by atoms with Crippen molar-refractivity contribution in [2.45, 2.75) is 50.8 Å². The molecule has 7 nitrogen and oxygen atoms in total. The Hall–Kier alpha value is -3.88. The maximum atomic E-state index is 12.9. The van der Waals surface area contributed by atoms with Gasteiger partial charge in [0.1, 0.15) is 12.1 Å². The second-order valence-electron chi connectivity index (χ2n) is 9.23. The standard InChI is InChI=1S/C31H34N4O3S/c1-4-17-35-22-32-34-30(35)21-39(37)29-15-11-27(12-16-29)33-31(36)23(3)19-24-7-6-8-26(20-24)25-9-13-28(14-10-25)38-18-5-2/h6-16,19-20,22H,4-5,17-18,21H2,1-3H3,(H,33,36)/b23-19+/t39-/m1/s1. The van der Waals surface area contributed by atoms with Crippen molar-refractivity contribution < 1.29 is 14.1 Å². The number of hydrogen-bond donors (Lipinski definition) is 1. The van der Waals surface area contributed by atoms with E-state index in [-0.39, 0.29) is 5.91 Å². The fraction of sp³-hybridized carbons (Fsp3) is 0.258. The van der Waals surface area contributed by atoms with Gasteiger partial charge in [-0.25, -0.2) is 0 Å². The van der Waals surface area contributed by atoms with E-state index < -0.39 is 11.2 Å². The molecular formula is C31H34N4O3S. The molecule has 202 valence electrons. The molecule has 0 unspecified atom stereocenters. The van der Waals surface area contributed by atoms with Crippen LogP contribution in [0.5, 0.6) is 5.75 Å². The molecule has 0 spiro atoms. The van der Waals surface area contributed by atoms with Crippen LogP contribution in [0.4, 0.5) is 5.69 Å². The summed E-state index contributed by atoms with van der Waals surface area (Å²) in [5.41, 5.74) is 4.31. The largest absolute Gasteiger partial charge is 0.611 e. The number of amides is 1. The monoisotopic (exact) mass is 542 g/mol. The van der Waals surface area contributed by atoms with E-state index >= 15 is 0 Å². The van der Waals surface area contributed by atoms with Gasteiger partial charge in [0, 0.05) is 17.8 Å². The van der Waals surface area contributed by atoms with Crippen LogP contribution in [0.15, 0.2) is 89.6 Å². The highest BCUT2D eigenvalue weighted by Crippen LogP contribution is 2.25. The second kappa shape index (κ2) is 13.8. The average Bonchev–Trinajstić information content (AvgIpc) is 3.39. The number of nitrogens with zero attached hydrogens (tertiary/aromatic N) is 3. The molecule has 3 aromatic carbocycles. The zero-order chi connectivity index (χ0) is 27.6. The summed E-state index contributed by atoms with van der Waals surface area (Å²) in [4.78, 5) is 13.5. The lowest BCUT2D eigenvalue weighted by Crippen LogP contribution is -2.13. The van der Waals surface area contributed by atoms with Crippen molar-refractivity contribution in [3.05, 3.63) is 96.1 Å². The average molecular weight is 543 g/mol. The summed E-state index contributed by atoms with van der Waals surface area (Å²) in [7, 11) is 0. The van der Waals surface area contributed by atoms with E-state index in [4.69, 9.17) is 4.74 Å². The molecule has 1 N–H and O–H groups in total. The molecule has 4 rings (SSSR count). The predicted octanol–water partition coefficient (Wildman–Crippen LogP) is 6.49. The van der Waals surface area contributed by atoms with E-state index in [0.29, 0.717) is 34.3 Å². The van der Waals surface area contributed by atoms with Crippen LogP contribution < -0.4 is 10.1 Å². The molecule has 1 aromatic heterocycles. The third kappa shape index (κ3) is 7.81. The smallest absolute Gasteiger partial charge is 0.251 e. The van der Waals surface area contributed by atoms with Gasteiger partial charge in [-0.05, 0) is 96.2 Å². The van der Waals surface area contributed by atoms with Crippen molar-refractivity contribution in [1.82, 2.24) is 14.8 Å². The highest BCUT2D eigenvalue weighted by Gasteiger charge is 2.17. The van der Waals surface area contributed by atoms with Gasteiger partial charge < -0.3 is 19.2 Å². The minimum absolute atomic E-state index is 0.195. The molecule has 1 heterocycles. The lowest BCUT2D eigenvalue weighted by atomic mass is 10.0. The molecule has 0 radical (unpaired) electrons. The fourth-order valence-corrected chi connectivity index (χ4v) is 5.09. The minimum Gasteiger partial charge on any atom is -0.611 e. The molecule has 8 heteroatoms. The molecule has 1 amide bonds. The van der Waals surface area contributed by atoms with Gasteiger partial charge in [-0.2, -0.15) is 0 Å². The van der Waals surface area contributed by atoms with Crippen molar-refractivity contribution >= 4 is 28.8 Å². The number of aryl methyl sites for hydroxylation is 1. The molecule has 0 saturated heterocycles. The van der Waals surface area contributed by atoms with Gasteiger partial charge in [0.05, 0.1) is 6.61 Å². The first-order chi connectivity index (χ1) is 19.0. The lowest BCUT2D eigenvalue weighted by molar-refractivity contribution is -0.112. The molecule has 0 saturated carbocycles. The number of nitrogens with one attached hydrogen (secondary N) is 1. The summed E-state index contributed by atoms with van der Waals surface area (Å²) in [5, 5.41) is 11.0. The SMILES string of the molecule is CCCOc1ccc(-c2cccc(/C=C(\C)C(=O)Nc3ccc([S@+]([O-])Cc4nncn4CCC)cc3)c2)cc1. The Balaban J connectivity index is 1.37. The van der Waals surface area contributed by atoms with Gasteiger partial charge in [-0.15, -0.1) is 10.2 Å². The Morgan fingerprint density at radius 2 is 1.79 bits per heavy atom. The zero-order valence-electron chi connectivity index (χ0n) is 22.6. The quantitative estimate of drug-likeness (QED) is 0.163. The summed E-state index contributed by atoms with van der Waals surface area (Å²) in [6.45, 7) is 7.45. The van der Waals surface area contributed by atoms with Crippen molar-refractivity contribution in [3.8, 4) is 16.9 Å². The van der Waals surface area contributed by atoms with Gasteiger partial charge in [0.15, 0.2) is 16.5 Å².